The molecule has 0 radical (unpaired) electrons. The van der Waals surface area contributed by atoms with E-state index < -0.39 is 0 Å². The lowest BCUT2D eigenvalue weighted by Crippen LogP contribution is -1.80. The lowest BCUT2D eigenvalue weighted by molar-refractivity contribution is 0.425. The maximum absolute atomic E-state index is 6.06. The van der Waals surface area contributed by atoms with Gasteiger partial charge in [0, 0.05) is 4.47 Å². The Labute approximate surface area is 94.2 Å². The highest BCUT2D eigenvalue weighted by atomic mass is 79.9. The van der Waals surface area contributed by atoms with E-state index >= 15 is 0 Å². The van der Waals surface area contributed by atoms with E-state index in [1.807, 2.05) is 18.2 Å². The number of halogens is 2. The van der Waals surface area contributed by atoms with Gasteiger partial charge in [-0.2, -0.15) is 4.98 Å². The molecule has 0 N–H and O–H groups in total. The minimum atomic E-state index is 0.439. The summed E-state index contributed by atoms with van der Waals surface area (Å²) < 4.78 is 5.83. The minimum Gasteiger partial charge on any atom is -0.334 e. The van der Waals surface area contributed by atoms with Gasteiger partial charge >= 0.3 is 0 Å². The molecule has 5 heteroatoms. The third-order valence-electron chi connectivity index (χ3n) is 1.71. The van der Waals surface area contributed by atoms with Crippen molar-refractivity contribution in [1.82, 2.24) is 10.1 Å². The predicted octanol–water partition coefficient (Wildman–Crippen LogP) is 3.46. The molecular formula is C9H6BrClN2O. The molecule has 0 spiro atoms. The fourth-order valence-corrected chi connectivity index (χ4v) is 1.65. The standard InChI is InChI=1S/C9H6BrClN2O/c1-5-12-9(14-13-5)6-3-2-4-7(10)8(6)11/h2-4H,1H3. The molecule has 0 bridgehead atoms. The second-order valence-corrected chi connectivity index (χ2v) is 3.98. The van der Waals surface area contributed by atoms with E-state index in [1.54, 1.807) is 6.92 Å². The van der Waals surface area contributed by atoms with E-state index in [1.165, 1.54) is 0 Å². The van der Waals surface area contributed by atoms with Crippen molar-refractivity contribution in [2.24, 2.45) is 0 Å². The van der Waals surface area contributed by atoms with Crippen molar-refractivity contribution in [2.75, 3.05) is 0 Å². The number of nitrogens with zero attached hydrogens (tertiary/aromatic N) is 2. The van der Waals surface area contributed by atoms with Crippen molar-refractivity contribution in [1.29, 1.82) is 0 Å². The number of hydrogen-bond donors (Lipinski definition) is 0. The Morgan fingerprint density at radius 1 is 1.43 bits per heavy atom. The van der Waals surface area contributed by atoms with Gasteiger partial charge in [0.2, 0.25) is 0 Å². The molecule has 2 rings (SSSR count). The van der Waals surface area contributed by atoms with E-state index in [4.69, 9.17) is 16.1 Å². The molecule has 0 aliphatic rings. The molecule has 0 unspecified atom stereocenters. The topological polar surface area (TPSA) is 38.9 Å². The zero-order valence-electron chi connectivity index (χ0n) is 7.29. The Balaban J connectivity index is 2.57. The fraction of sp³-hybridized carbons (Fsp3) is 0.111. The molecule has 0 fully saturated rings. The number of hydrogen-bond acceptors (Lipinski definition) is 3. The van der Waals surface area contributed by atoms with E-state index in [-0.39, 0.29) is 0 Å². The second-order valence-electron chi connectivity index (χ2n) is 2.75. The molecule has 0 saturated carbocycles. The molecule has 1 aromatic carbocycles. The van der Waals surface area contributed by atoms with Crippen LogP contribution in [0.1, 0.15) is 5.82 Å². The van der Waals surface area contributed by atoms with E-state index in [0.717, 1.165) is 10.0 Å². The van der Waals surface area contributed by atoms with E-state index in [9.17, 15) is 0 Å². The molecule has 0 amide bonds. The van der Waals surface area contributed by atoms with Crippen molar-refractivity contribution in [3.8, 4) is 11.5 Å². The van der Waals surface area contributed by atoms with Crippen molar-refractivity contribution < 1.29 is 4.52 Å². The van der Waals surface area contributed by atoms with Crippen LogP contribution in [0.15, 0.2) is 27.2 Å². The molecule has 0 saturated heterocycles. The van der Waals surface area contributed by atoms with E-state index in [0.29, 0.717) is 16.7 Å². The van der Waals surface area contributed by atoms with Crippen LogP contribution in [0, 0.1) is 6.92 Å². The average molecular weight is 274 g/mol. The van der Waals surface area contributed by atoms with Crippen LogP contribution in [0.4, 0.5) is 0 Å². The Kier molecular flexibility index (Phi) is 2.56. The monoisotopic (exact) mass is 272 g/mol. The van der Waals surface area contributed by atoms with Gasteiger partial charge in [-0.15, -0.1) is 0 Å². The average Bonchev–Trinajstić information content (AvgIpc) is 2.57. The molecule has 0 aliphatic carbocycles. The SMILES string of the molecule is Cc1noc(-c2cccc(Br)c2Cl)n1. The lowest BCUT2D eigenvalue weighted by Gasteiger charge is -1.99. The number of aryl methyl sites for hydroxylation is 1. The van der Waals surface area contributed by atoms with Crippen LogP contribution in [0.25, 0.3) is 11.5 Å². The van der Waals surface area contributed by atoms with Gasteiger partial charge < -0.3 is 4.52 Å². The third kappa shape index (κ3) is 1.67. The fourth-order valence-electron chi connectivity index (χ4n) is 1.08. The largest absolute Gasteiger partial charge is 0.334 e. The predicted molar refractivity (Wildman–Crippen MR) is 57.2 cm³/mol. The first kappa shape index (κ1) is 9.68. The molecule has 0 atom stereocenters. The minimum absolute atomic E-state index is 0.439. The Bertz CT molecular complexity index is 470. The molecular weight excluding hydrogens is 267 g/mol. The van der Waals surface area contributed by atoms with E-state index in [2.05, 4.69) is 26.1 Å². The number of rotatable bonds is 1. The van der Waals surface area contributed by atoms with Gasteiger partial charge in [-0.1, -0.05) is 22.8 Å². The summed E-state index contributed by atoms with van der Waals surface area (Å²) in [5, 5.41) is 4.28. The zero-order chi connectivity index (χ0) is 10.1. The van der Waals surface area contributed by atoms with Crippen LogP contribution in [-0.4, -0.2) is 10.1 Å². The summed E-state index contributed by atoms with van der Waals surface area (Å²) in [6.45, 7) is 1.76. The van der Waals surface area contributed by atoms with Gasteiger partial charge in [0.1, 0.15) is 0 Å². The third-order valence-corrected chi connectivity index (χ3v) is 3.01. The van der Waals surface area contributed by atoms with Crippen molar-refractivity contribution in [3.63, 3.8) is 0 Å². The quantitative estimate of drug-likeness (QED) is 0.798. The van der Waals surface area contributed by atoms with Gasteiger partial charge in [0.05, 0.1) is 10.6 Å². The zero-order valence-corrected chi connectivity index (χ0v) is 9.63. The van der Waals surface area contributed by atoms with Crippen molar-refractivity contribution in [2.45, 2.75) is 6.92 Å². The van der Waals surface area contributed by atoms with Crippen LogP contribution in [0.5, 0.6) is 0 Å². The van der Waals surface area contributed by atoms with Gasteiger partial charge in [-0.3, -0.25) is 0 Å². The summed E-state index contributed by atoms with van der Waals surface area (Å²) in [6.07, 6.45) is 0. The highest BCUT2D eigenvalue weighted by molar-refractivity contribution is 9.10. The van der Waals surface area contributed by atoms with Gasteiger partial charge in [0.15, 0.2) is 5.82 Å². The second kappa shape index (κ2) is 3.71. The van der Waals surface area contributed by atoms with Crippen LogP contribution < -0.4 is 0 Å². The summed E-state index contributed by atoms with van der Waals surface area (Å²) in [5.41, 5.74) is 0.738. The molecule has 3 nitrogen and oxygen atoms in total. The summed E-state index contributed by atoms with van der Waals surface area (Å²) in [6, 6.07) is 5.56. The maximum atomic E-state index is 6.06. The molecule has 2 aromatic rings. The van der Waals surface area contributed by atoms with Crippen LogP contribution in [0.2, 0.25) is 5.02 Å². The first-order chi connectivity index (χ1) is 6.68. The van der Waals surface area contributed by atoms with Crippen LogP contribution in [-0.2, 0) is 0 Å². The Hall–Kier alpha value is -0.870. The van der Waals surface area contributed by atoms with Gasteiger partial charge in [0.25, 0.3) is 5.89 Å². The maximum Gasteiger partial charge on any atom is 0.259 e. The van der Waals surface area contributed by atoms with Gasteiger partial charge in [-0.05, 0) is 35.0 Å². The summed E-state index contributed by atoms with van der Waals surface area (Å²) >= 11 is 9.39. The van der Waals surface area contributed by atoms with Crippen LogP contribution in [0.3, 0.4) is 0 Å². The van der Waals surface area contributed by atoms with Crippen molar-refractivity contribution in [3.05, 3.63) is 33.5 Å². The molecule has 0 aliphatic heterocycles. The molecule has 14 heavy (non-hydrogen) atoms. The van der Waals surface area contributed by atoms with Crippen molar-refractivity contribution >= 4 is 27.5 Å². The van der Waals surface area contributed by atoms with Gasteiger partial charge in [-0.25, -0.2) is 0 Å². The first-order valence-corrected chi connectivity index (χ1v) is 5.10. The highest BCUT2D eigenvalue weighted by Gasteiger charge is 2.11. The Morgan fingerprint density at radius 2 is 2.21 bits per heavy atom. The lowest BCUT2D eigenvalue weighted by atomic mass is 10.2. The highest BCUT2D eigenvalue weighted by Crippen LogP contribution is 2.32. The number of benzene rings is 1. The molecule has 1 heterocycles. The number of aromatic nitrogens is 2. The normalized spacial score (nSPS) is 10.5. The molecule has 1 aromatic heterocycles. The van der Waals surface area contributed by atoms with Crippen LogP contribution >= 0.6 is 27.5 Å². The molecule has 72 valence electrons. The summed E-state index contributed by atoms with van der Waals surface area (Å²) in [4.78, 5) is 4.10. The first-order valence-electron chi connectivity index (χ1n) is 3.93. The summed E-state index contributed by atoms with van der Waals surface area (Å²) in [7, 11) is 0. The smallest absolute Gasteiger partial charge is 0.259 e. The summed E-state index contributed by atoms with van der Waals surface area (Å²) in [5.74, 6) is 1.03. The Morgan fingerprint density at radius 3 is 2.86 bits per heavy atom.